The molecule has 10 nitrogen and oxygen atoms in total. The van der Waals surface area contributed by atoms with Crippen LogP contribution in [0.15, 0.2) is 48.5 Å². The second-order valence-electron chi connectivity index (χ2n) is 8.00. The Hall–Kier alpha value is -4.08. The van der Waals surface area contributed by atoms with Gasteiger partial charge in [0.1, 0.15) is 25.3 Å². The maximum atomic E-state index is 12.8. The number of anilines is 1. The fraction of sp³-hybridized carbons (Fsp3) is 0.304. The van der Waals surface area contributed by atoms with Crippen LogP contribution in [-0.2, 0) is 16.0 Å². The number of hydrogen-bond acceptors (Lipinski definition) is 6. The molecule has 0 bridgehead atoms. The molecule has 0 aromatic heterocycles. The molecule has 2 aliphatic rings. The molecule has 1 saturated heterocycles. The van der Waals surface area contributed by atoms with Crippen LogP contribution in [0, 0.1) is 0 Å². The molecule has 3 N–H and O–H groups in total. The molecule has 2 aliphatic heterocycles. The standard InChI is InChI=1S/C23H24N4O6/c1-23(10-9-15-5-3-2-4-6-15)20(29)27(22(31)26-23)14-19(28)25-21(30)24-16-7-8-17-18(13-16)33-12-11-32-17/h2-8,13H,9-12,14H2,1H3,(H,26,31)(H2,24,25,28,30)/t23-/m1/s1. The summed E-state index contributed by atoms with van der Waals surface area (Å²) in [5.41, 5.74) is 0.307. The van der Waals surface area contributed by atoms with Crippen molar-refractivity contribution in [2.24, 2.45) is 0 Å². The van der Waals surface area contributed by atoms with Crippen LogP contribution < -0.4 is 25.4 Å². The molecular weight excluding hydrogens is 428 g/mol. The number of aryl methyl sites for hydroxylation is 1. The van der Waals surface area contributed by atoms with E-state index < -0.39 is 36.0 Å². The van der Waals surface area contributed by atoms with Crippen LogP contribution >= 0.6 is 0 Å². The van der Waals surface area contributed by atoms with E-state index >= 15 is 0 Å². The summed E-state index contributed by atoms with van der Waals surface area (Å²) in [7, 11) is 0. The summed E-state index contributed by atoms with van der Waals surface area (Å²) in [6.07, 6.45) is 0.964. The Morgan fingerprint density at radius 3 is 2.55 bits per heavy atom. The predicted molar refractivity (Wildman–Crippen MR) is 118 cm³/mol. The monoisotopic (exact) mass is 452 g/mol. The lowest BCUT2D eigenvalue weighted by molar-refractivity contribution is -0.134. The van der Waals surface area contributed by atoms with Crippen molar-refractivity contribution in [2.75, 3.05) is 25.1 Å². The number of imide groups is 2. The van der Waals surface area contributed by atoms with Gasteiger partial charge in [-0.3, -0.25) is 19.8 Å². The van der Waals surface area contributed by atoms with Gasteiger partial charge in [0.15, 0.2) is 11.5 Å². The number of carbonyl (C=O) groups is 4. The van der Waals surface area contributed by atoms with Crippen molar-refractivity contribution in [3.05, 3.63) is 54.1 Å². The number of fused-ring (bicyclic) bond motifs is 1. The van der Waals surface area contributed by atoms with Gasteiger partial charge in [-0.2, -0.15) is 0 Å². The zero-order valence-electron chi connectivity index (χ0n) is 18.1. The molecule has 1 fully saturated rings. The molecule has 10 heteroatoms. The van der Waals surface area contributed by atoms with Crippen LogP contribution in [0.5, 0.6) is 11.5 Å². The van der Waals surface area contributed by atoms with Crippen molar-refractivity contribution in [1.29, 1.82) is 0 Å². The van der Waals surface area contributed by atoms with Gasteiger partial charge in [0.25, 0.3) is 5.91 Å². The van der Waals surface area contributed by atoms with Crippen LogP contribution in [0.3, 0.4) is 0 Å². The minimum absolute atomic E-state index is 0.379. The molecule has 0 unspecified atom stereocenters. The molecule has 33 heavy (non-hydrogen) atoms. The highest BCUT2D eigenvalue weighted by Gasteiger charge is 2.47. The highest BCUT2D eigenvalue weighted by atomic mass is 16.6. The minimum atomic E-state index is -1.12. The summed E-state index contributed by atoms with van der Waals surface area (Å²) in [5.74, 6) is -0.247. The molecule has 2 aromatic rings. The lowest BCUT2D eigenvalue weighted by Gasteiger charge is -2.21. The quantitative estimate of drug-likeness (QED) is 0.576. The average Bonchev–Trinajstić information content (AvgIpc) is 3.01. The number of nitrogens with one attached hydrogen (secondary N) is 3. The van der Waals surface area contributed by atoms with Crippen LogP contribution in [-0.4, -0.2) is 54.1 Å². The number of benzene rings is 2. The van der Waals surface area contributed by atoms with Crippen LogP contribution in [0.2, 0.25) is 0 Å². The van der Waals surface area contributed by atoms with Gasteiger partial charge in [0, 0.05) is 11.8 Å². The number of ether oxygens (including phenoxy) is 2. The SMILES string of the molecule is C[C@]1(CCc2ccccc2)NC(=O)N(CC(=O)NC(=O)Nc2ccc3c(c2)OCCO3)C1=O. The van der Waals surface area contributed by atoms with E-state index in [0.29, 0.717) is 43.2 Å². The maximum absolute atomic E-state index is 12.8. The molecule has 0 aliphatic carbocycles. The number of urea groups is 2. The molecule has 172 valence electrons. The number of rotatable bonds is 6. The molecule has 1 atom stereocenters. The lowest BCUT2D eigenvalue weighted by atomic mass is 9.93. The van der Waals surface area contributed by atoms with Gasteiger partial charge in [0.05, 0.1) is 0 Å². The molecule has 2 heterocycles. The average molecular weight is 452 g/mol. The van der Waals surface area contributed by atoms with Gasteiger partial charge in [-0.1, -0.05) is 30.3 Å². The van der Waals surface area contributed by atoms with Crippen LogP contribution in [0.1, 0.15) is 18.9 Å². The fourth-order valence-electron chi connectivity index (χ4n) is 3.69. The predicted octanol–water partition coefficient (Wildman–Crippen LogP) is 2.05. The summed E-state index contributed by atoms with van der Waals surface area (Å²) in [6, 6.07) is 13.0. The first-order valence-electron chi connectivity index (χ1n) is 10.5. The van der Waals surface area contributed by atoms with E-state index in [1.807, 2.05) is 30.3 Å². The maximum Gasteiger partial charge on any atom is 0.325 e. The normalized spacial score (nSPS) is 19.1. The Balaban J connectivity index is 1.30. The van der Waals surface area contributed by atoms with E-state index in [0.717, 1.165) is 10.5 Å². The third-order valence-electron chi connectivity index (χ3n) is 5.46. The Bertz CT molecular complexity index is 1090. The molecule has 0 radical (unpaired) electrons. The second kappa shape index (κ2) is 9.19. The van der Waals surface area contributed by atoms with Crippen molar-refractivity contribution in [1.82, 2.24) is 15.5 Å². The van der Waals surface area contributed by atoms with Gasteiger partial charge in [-0.05, 0) is 37.5 Å². The Morgan fingerprint density at radius 1 is 1.06 bits per heavy atom. The highest BCUT2D eigenvalue weighted by Crippen LogP contribution is 2.32. The van der Waals surface area contributed by atoms with E-state index in [4.69, 9.17) is 9.47 Å². The Labute approximate surface area is 190 Å². The molecule has 0 saturated carbocycles. The first-order valence-corrected chi connectivity index (χ1v) is 10.5. The Kier molecular flexibility index (Phi) is 6.16. The first kappa shape index (κ1) is 22.1. The first-order chi connectivity index (χ1) is 15.8. The highest BCUT2D eigenvalue weighted by molar-refractivity contribution is 6.10. The van der Waals surface area contributed by atoms with Crippen molar-refractivity contribution in [2.45, 2.75) is 25.3 Å². The molecule has 0 spiro atoms. The van der Waals surface area contributed by atoms with Crippen molar-refractivity contribution < 1.29 is 28.7 Å². The minimum Gasteiger partial charge on any atom is -0.486 e. The Morgan fingerprint density at radius 2 is 1.79 bits per heavy atom. The van der Waals surface area contributed by atoms with Crippen molar-refractivity contribution in [3.63, 3.8) is 0 Å². The zero-order valence-corrected chi connectivity index (χ0v) is 18.1. The largest absolute Gasteiger partial charge is 0.486 e. The summed E-state index contributed by atoms with van der Waals surface area (Å²) in [6.45, 7) is 1.91. The fourth-order valence-corrected chi connectivity index (χ4v) is 3.69. The third kappa shape index (κ3) is 5.05. The summed E-state index contributed by atoms with van der Waals surface area (Å²) < 4.78 is 10.9. The number of carbonyl (C=O) groups excluding carboxylic acids is 4. The number of hydrogen-bond donors (Lipinski definition) is 3. The molecule has 6 amide bonds. The van der Waals surface area contributed by atoms with E-state index in [1.54, 1.807) is 25.1 Å². The van der Waals surface area contributed by atoms with Gasteiger partial charge >= 0.3 is 12.1 Å². The molecular formula is C23H24N4O6. The summed E-state index contributed by atoms with van der Waals surface area (Å²) in [5, 5.41) is 7.30. The van der Waals surface area contributed by atoms with Gasteiger partial charge in [0.2, 0.25) is 5.91 Å². The van der Waals surface area contributed by atoms with E-state index in [-0.39, 0.29) is 0 Å². The van der Waals surface area contributed by atoms with Gasteiger partial charge < -0.3 is 20.1 Å². The van der Waals surface area contributed by atoms with E-state index in [2.05, 4.69) is 16.0 Å². The van der Waals surface area contributed by atoms with Crippen LogP contribution in [0.25, 0.3) is 0 Å². The van der Waals surface area contributed by atoms with Crippen LogP contribution in [0.4, 0.5) is 15.3 Å². The van der Waals surface area contributed by atoms with E-state index in [1.165, 1.54) is 0 Å². The summed E-state index contributed by atoms with van der Waals surface area (Å²) in [4.78, 5) is 50.5. The third-order valence-corrected chi connectivity index (χ3v) is 5.46. The van der Waals surface area contributed by atoms with Gasteiger partial charge in [-0.15, -0.1) is 0 Å². The number of amides is 6. The lowest BCUT2D eigenvalue weighted by Crippen LogP contribution is -2.46. The smallest absolute Gasteiger partial charge is 0.325 e. The topological polar surface area (TPSA) is 126 Å². The molecule has 2 aromatic carbocycles. The van der Waals surface area contributed by atoms with Crippen molar-refractivity contribution >= 4 is 29.6 Å². The zero-order chi connectivity index (χ0) is 23.4. The van der Waals surface area contributed by atoms with E-state index in [9.17, 15) is 19.2 Å². The molecule has 4 rings (SSSR count). The van der Waals surface area contributed by atoms with Gasteiger partial charge in [-0.25, -0.2) is 9.59 Å². The second-order valence-corrected chi connectivity index (χ2v) is 8.00. The number of nitrogens with zero attached hydrogens (tertiary/aromatic N) is 1. The summed E-state index contributed by atoms with van der Waals surface area (Å²) >= 11 is 0. The van der Waals surface area contributed by atoms with Crippen molar-refractivity contribution in [3.8, 4) is 11.5 Å².